The zero-order valence-corrected chi connectivity index (χ0v) is 10.3. The lowest BCUT2D eigenvalue weighted by Crippen LogP contribution is -1.97. The van der Waals surface area contributed by atoms with Gasteiger partial charge in [0.15, 0.2) is 0 Å². The van der Waals surface area contributed by atoms with Gasteiger partial charge in [0.2, 0.25) is 0 Å². The van der Waals surface area contributed by atoms with E-state index in [1.807, 2.05) is 6.07 Å². The van der Waals surface area contributed by atoms with Gasteiger partial charge in [-0.1, -0.05) is 23.8 Å². The van der Waals surface area contributed by atoms with Crippen LogP contribution < -0.4 is 0 Å². The van der Waals surface area contributed by atoms with E-state index in [0.29, 0.717) is 0 Å². The molecule has 2 heteroatoms. The van der Waals surface area contributed by atoms with Crippen molar-refractivity contribution in [3.8, 4) is 0 Å². The number of benzene rings is 1. The van der Waals surface area contributed by atoms with Crippen molar-refractivity contribution in [3.05, 3.63) is 59.0 Å². The highest BCUT2D eigenvalue weighted by molar-refractivity contribution is 6.20. The third-order valence-corrected chi connectivity index (χ3v) is 3.21. The Morgan fingerprint density at radius 1 is 1.25 bits per heavy atom. The summed E-state index contributed by atoms with van der Waals surface area (Å²) < 4.78 is 5.04. The highest BCUT2D eigenvalue weighted by Gasteiger charge is 2.11. The van der Waals surface area contributed by atoms with Crippen LogP contribution >= 0.6 is 11.6 Å². The molecule has 2 aromatic rings. The normalized spacial score (nSPS) is 12.7. The molecule has 0 aliphatic rings. The van der Waals surface area contributed by atoms with Crippen molar-refractivity contribution in [2.24, 2.45) is 0 Å². The predicted molar refractivity (Wildman–Crippen MR) is 66.9 cm³/mol. The summed E-state index contributed by atoms with van der Waals surface area (Å²) in [5.74, 6) is 0. The van der Waals surface area contributed by atoms with Gasteiger partial charge in [-0.15, -0.1) is 11.6 Å². The Bertz CT molecular complexity index is 460. The number of alkyl halides is 1. The standard InChI is InChI=1S/C14H15ClO/c1-10-3-4-11(2)13(7-10)8-14(15)12-5-6-16-9-12/h3-7,9,14H,8H2,1-2H3. The van der Waals surface area contributed by atoms with Crippen molar-refractivity contribution in [1.29, 1.82) is 0 Å². The molecule has 0 aliphatic carbocycles. The van der Waals surface area contributed by atoms with Crippen LogP contribution in [-0.2, 0) is 6.42 Å². The molecule has 0 bridgehead atoms. The van der Waals surface area contributed by atoms with E-state index in [1.165, 1.54) is 16.7 Å². The van der Waals surface area contributed by atoms with E-state index in [4.69, 9.17) is 16.0 Å². The highest BCUT2D eigenvalue weighted by atomic mass is 35.5. The molecule has 0 saturated carbocycles. The van der Waals surface area contributed by atoms with Gasteiger partial charge in [-0.05, 0) is 37.5 Å². The molecule has 0 saturated heterocycles. The topological polar surface area (TPSA) is 13.1 Å². The second kappa shape index (κ2) is 4.75. The summed E-state index contributed by atoms with van der Waals surface area (Å²) in [4.78, 5) is 0. The van der Waals surface area contributed by atoms with Crippen LogP contribution in [0.3, 0.4) is 0 Å². The van der Waals surface area contributed by atoms with E-state index < -0.39 is 0 Å². The van der Waals surface area contributed by atoms with Crippen LogP contribution in [0.5, 0.6) is 0 Å². The predicted octanol–water partition coefficient (Wildman–Crippen LogP) is 4.42. The fraction of sp³-hybridized carbons (Fsp3) is 0.286. The van der Waals surface area contributed by atoms with Gasteiger partial charge in [-0.25, -0.2) is 0 Å². The van der Waals surface area contributed by atoms with E-state index in [1.54, 1.807) is 12.5 Å². The van der Waals surface area contributed by atoms with Crippen molar-refractivity contribution < 1.29 is 4.42 Å². The van der Waals surface area contributed by atoms with Crippen LogP contribution in [0.2, 0.25) is 0 Å². The zero-order chi connectivity index (χ0) is 11.5. The molecule has 2 rings (SSSR count). The van der Waals surface area contributed by atoms with Crippen molar-refractivity contribution in [3.63, 3.8) is 0 Å². The highest BCUT2D eigenvalue weighted by Crippen LogP contribution is 2.26. The van der Waals surface area contributed by atoms with E-state index in [2.05, 4.69) is 32.0 Å². The second-order valence-electron chi connectivity index (χ2n) is 4.16. The largest absolute Gasteiger partial charge is 0.472 e. The van der Waals surface area contributed by atoms with Crippen LogP contribution in [0.15, 0.2) is 41.2 Å². The number of furan rings is 1. The molecular weight excluding hydrogens is 220 g/mol. The van der Waals surface area contributed by atoms with E-state index in [9.17, 15) is 0 Å². The van der Waals surface area contributed by atoms with E-state index in [0.717, 1.165) is 12.0 Å². The molecular formula is C14H15ClO. The van der Waals surface area contributed by atoms with Gasteiger partial charge in [0.25, 0.3) is 0 Å². The Hall–Kier alpha value is -1.21. The molecule has 1 aromatic carbocycles. The maximum atomic E-state index is 6.35. The van der Waals surface area contributed by atoms with Crippen LogP contribution in [0, 0.1) is 13.8 Å². The van der Waals surface area contributed by atoms with E-state index in [-0.39, 0.29) is 5.38 Å². The Morgan fingerprint density at radius 2 is 2.06 bits per heavy atom. The van der Waals surface area contributed by atoms with Gasteiger partial charge in [-0.3, -0.25) is 0 Å². The van der Waals surface area contributed by atoms with Gasteiger partial charge in [0.05, 0.1) is 17.9 Å². The summed E-state index contributed by atoms with van der Waals surface area (Å²) in [7, 11) is 0. The zero-order valence-electron chi connectivity index (χ0n) is 9.53. The van der Waals surface area contributed by atoms with Crippen LogP contribution in [0.1, 0.15) is 27.6 Å². The fourth-order valence-electron chi connectivity index (χ4n) is 1.78. The molecule has 0 spiro atoms. The summed E-state index contributed by atoms with van der Waals surface area (Å²) >= 11 is 6.35. The molecule has 0 amide bonds. The first-order valence-corrected chi connectivity index (χ1v) is 5.83. The SMILES string of the molecule is Cc1ccc(C)c(CC(Cl)c2ccoc2)c1. The summed E-state index contributed by atoms with van der Waals surface area (Å²) in [5, 5.41) is -0.0146. The van der Waals surface area contributed by atoms with Gasteiger partial charge in [-0.2, -0.15) is 0 Å². The molecule has 0 radical (unpaired) electrons. The van der Waals surface area contributed by atoms with Crippen molar-refractivity contribution >= 4 is 11.6 Å². The van der Waals surface area contributed by atoms with Crippen LogP contribution in [0.4, 0.5) is 0 Å². The summed E-state index contributed by atoms with van der Waals surface area (Å²) in [5.41, 5.74) is 4.92. The number of rotatable bonds is 3. The molecule has 1 aromatic heterocycles. The first-order chi connectivity index (χ1) is 7.66. The number of hydrogen-bond donors (Lipinski definition) is 0. The molecule has 1 nitrogen and oxygen atoms in total. The third-order valence-electron chi connectivity index (χ3n) is 2.81. The van der Waals surface area contributed by atoms with E-state index >= 15 is 0 Å². The average molecular weight is 235 g/mol. The minimum atomic E-state index is -0.0146. The summed E-state index contributed by atoms with van der Waals surface area (Å²) in [6, 6.07) is 8.39. The Morgan fingerprint density at radius 3 is 2.75 bits per heavy atom. The molecule has 0 N–H and O–H groups in total. The van der Waals surface area contributed by atoms with Gasteiger partial charge in [0, 0.05) is 5.56 Å². The lowest BCUT2D eigenvalue weighted by atomic mass is 9.99. The summed E-state index contributed by atoms with van der Waals surface area (Å²) in [6.45, 7) is 4.22. The van der Waals surface area contributed by atoms with Crippen molar-refractivity contribution in [1.82, 2.24) is 0 Å². The Balaban J connectivity index is 2.17. The monoisotopic (exact) mass is 234 g/mol. The first-order valence-electron chi connectivity index (χ1n) is 5.39. The van der Waals surface area contributed by atoms with Gasteiger partial charge in [0.1, 0.15) is 0 Å². The molecule has 1 heterocycles. The fourth-order valence-corrected chi connectivity index (χ4v) is 2.07. The first kappa shape index (κ1) is 11.3. The molecule has 1 atom stereocenters. The molecule has 0 aliphatic heterocycles. The van der Waals surface area contributed by atoms with Gasteiger partial charge >= 0.3 is 0 Å². The molecule has 1 unspecified atom stereocenters. The lowest BCUT2D eigenvalue weighted by Gasteiger charge is -2.10. The van der Waals surface area contributed by atoms with Crippen molar-refractivity contribution in [2.45, 2.75) is 25.6 Å². The molecule has 0 fully saturated rings. The van der Waals surface area contributed by atoms with Crippen LogP contribution in [-0.4, -0.2) is 0 Å². The summed E-state index contributed by atoms with van der Waals surface area (Å²) in [6.07, 6.45) is 4.21. The smallest absolute Gasteiger partial charge is 0.0949 e. The molecule has 16 heavy (non-hydrogen) atoms. The lowest BCUT2D eigenvalue weighted by molar-refractivity contribution is 0.563. The maximum Gasteiger partial charge on any atom is 0.0949 e. The third kappa shape index (κ3) is 2.48. The Kier molecular flexibility index (Phi) is 3.35. The number of aryl methyl sites for hydroxylation is 2. The molecule has 84 valence electrons. The van der Waals surface area contributed by atoms with Crippen molar-refractivity contribution in [2.75, 3.05) is 0 Å². The minimum absolute atomic E-state index is 0.0146. The quantitative estimate of drug-likeness (QED) is 0.717. The number of halogens is 1. The maximum absolute atomic E-state index is 6.35. The number of hydrogen-bond acceptors (Lipinski definition) is 1. The Labute approximate surface area is 101 Å². The second-order valence-corrected chi connectivity index (χ2v) is 4.69. The minimum Gasteiger partial charge on any atom is -0.472 e. The average Bonchev–Trinajstić information content (AvgIpc) is 2.76. The van der Waals surface area contributed by atoms with Gasteiger partial charge < -0.3 is 4.42 Å². The van der Waals surface area contributed by atoms with Crippen LogP contribution in [0.25, 0.3) is 0 Å².